The summed E-state index contributed by atoms with van der Waals surface area (Å²) < 4.78 is 10.4. The van der Waals surface area contributed by atoms with E-state index < -0.39 is 4.92 Å². The number of carbonyl (C=O) groups excluding carboxylic acids is 2. The summed E-state index contributed by atoms with van der Waals surface area (Å²) >= 11 is 0. The number of hydrogen-bond acceptors (Lipinski definition) is 6. The lowest BCUT2D eigenvalue weighted by atomic mass is 10.1. The fourth-order valence-electron chi connectivity index (χ4n) is 2.24. The number of benzene rings is 2. The maximum Gasteiger partial charge on any atom is 0.291 e. The Morgan fingerprint density at radius 3 is 2.33 bits per heavy atom. The number of rotatable bonds is 7. The Morgan fingerprint density at radius 1 is 1.04 bits per heavy atom. The zero-order chi connectivity index (χ0) is 19.2. The Kier molecular flexibility index (Phi) is 5.27. The number of ketones is 1. The number of hydrogen-bond donors (Lipinski definition) is 1. The van der Waals surface area contributed by atoms with Gasteiger partial charge in [0, 0.05) is 23.4 Å². The van der Waals surface area contributed by atoms with Crippen LogP contribution >= 0.6 is 0 Å². The SMILES string of the molecule is O=C(COc1ccc([N+](=O)[O-])cc1)c1ccc(NC(=O)c2ccco2)cc1. The summed E-state index contributed by atoms with van der Waals surface area (Å²) in [6.07, 6.45) is 1.40. The molecule has 1 amide bonds. The second-order valence-electron chi connectivity index (χ2n) is 5.47. The molecular weight excluding hydrogens is 352 g/mol. The molecule has 0 atom stereocenters. The molecule has 136 valence electrons. The van der Waals surface area contributed by atoms with Gasteiger partial charge in [-0.25, -0.2) is 0 Å². The highest BCUT2D eigenvalue weighted by atomic mass is 16.6. The molecule has 0 fully saturated rings. The minimum Gasteiger partial charge on any atom is -0.485 e. The summed E-state index contributed by atoms with van der Waals surface area (Å²) in [6, 6.07) is 15.0. The molecule has 3 aromatic rings. The third-order valence-electron chi connectivity index (χ3n) is 3.63. The lowest BCUT2D eigenvalue weighted by Crippen LogP contribution is -2.13. The van der Waals surface area contributed by atoms with E-state index in [0.29, 0.717) is 17.0 Å². The predicted molar refractivity (Wildman–Crippen MR) is 96.0 cm³/mol. The molecular formula is C19H14N2O6. The third kappa shape index (κ3) is 4.57. The van der Waals surface area contributed by atoms with Gasteiger partial charge in [0.1, 0.15) is 5.75 Å². The quantitative estimate of drug-likeness (QED) is 0.388. The van der Waals surface area contributed by atoms with E-state index in [2.05, 4.69) is 5.32 Å². The van der Waals surface area contributed by atoms with E-state index in [1.165, 1.54) is 30.5 Å². The molecule has 0 unspecified atom stereocenters. The number of nitro groups is 1. The van der Waals surface area contributed by atoms with Crippen LogP contribution in [0.25, 0.3) is 0 Å². The summed E-state index contributed by atoms with van der Waals surface area (Å²) in [5.41, 5.74) is 0.873. The Bertz CT molecular complexity index is 947. The van der Waals surface area contributed by atoms with Gasteiger partial charge < -0.3 is 14.5 Å². The largest absolute Gasteiger partial charge is 0.485 e. The van der Waals surface area contributed by atoms with Crippen LogP contribution in [0.4, 0.5) is 11.4 Å². The first-order chi connectivity index (χ1) is 13.0. The number of furan rings is 1. The van der Waals surface area contributed by atoms with Crippen LogP contribution in [0.15, 0.2) is 71.3 Å². The van der Waals surface area contributed by atoms with Crippen molar-refractivity contribution in [3.63, 3.8) is 0 Å². The van der Waals surface area contributed by atoms with Crippen molar-refractivity contribution in [2.75, 3.05) is 11.9 Å². The molecule has 0 radical (unpaired) electrons. The van der Waals surface area contributed by atoms with Crippen LogP contribution < -0.4 is 10.1 Å². The molecule has 3 rings (SSSR count). The maximum atomic E-state index is 12.2. The van der Waals surface area contributed by atoms with Gasteiger partial charge in [-0.2, -0.15) is 0 Å². The summed E-state index contributed by atoms with van der Waals surface area (Å²) in [4.78, 5) is 34.2. The lowest BCUT2D eigenvalue weighted by Gasteiger charge is -2.07. The second-order valence-corrected chi connectivity index (χ2v) is 5.47. The normalized spacial score (nSPS) is 10.2. The first-order valence-electron chi connectivity index (χ1n) is 7.88. The van der Waals surface area contributed by atoms with E-state index in [1.54, 1.807) is 36.4 Å². The van der Waals surface area contributed by atoms with E-state index in [9.17, 15) is 19.7 Å². The number of carbonyl (C=O) groups is 2. The van der Waals surface area contributed by atoms with Gasteiger partial charge in [-0.1, -0.05) is 0 Å². The minimum absolute atomic E-state index is 0.0548. The number of Topliss-reactive ketones (excluding diaryl/α,β-unsaturated/α-hetero) is 1. The molecule has 0 aliphatic carbocycles. The van der Waals surface area contributed by atoms with Crippen molar-refractivity contribution in [1.82, 2.24) is 0 Å². The fourth-order valence-corrected chi connectivity index (χ4v) is 2.24. The van der Waals surface area contributed by atoms with Crippen LogP contribution in [-0.2, 0) is 0 Å². The topological polar surface area (TPSA) is 112 Å². The van der Waals surface area contributed by atoms with Gasteiger partial charge >= 0.3 is 0 Å². The Balaban J connectivity index is 1.55. The van der Waals surface area contributed by atoms with Crippen LogP contribution in [0.1, 0.15) is 20.9 Å². The molecule has 8 heteroatoms. The van der Waals surface area contributed by atoms with Crippen molar-refractivity contribution in [2.45, 2.75) is 0 Å². The number of nitrogens with zero attached hydrogens (tertiary/aromatic N) is 1. The summed E-state index contributed by atoms with van der Waals surface area (Å²) in [7, 11) is 0. The molecule has 0 bridgehead atoms. The number of non-ortho nitro benzene ring substituents is 1. The molecule has 8 nitrogen and oxygen atoms in total. The number of anilines is 1. The van der Waals surface area contributed by atoms with Crippen molar-refractivity contribution in [1.29, 1.82) is 0 Å². The van der Waals surface area contributed by atoms with E-state index in [4.69, 9.17) is 9.15 Å². The number of nitro benzene ring substituents is 1. The molecule has 0 aliphatic heterocycles. The van der Waals surface area contributed by atoms with Gasteiger partial charge in [0.25, 0.3) is 11.6 Å². The van der Waals surface area contributed by atoms with Crippen molar-refractivity contribution in [3.05, 3.63) is 88.4 Å². The van der Waals surface area contributed by atoms with Crippen LogP contribution in [0, 0.1) is 10.1 Å². The molecule has 0 saturated carbocycles. The monoisotopic (exact) mass is 366 g/mol. The average Bonchev–Trinajstić information content (AvgIpc) is 3.22. The van der Waals surface area contributed by atoms with Gasteiger partial charge in [0.2, 0.25) is 0 Å². The van der Waals surface area contributed by atoms with Gasteiger partial charge in [-0.05, 0) is 48.5 Å². The third-order valence-corrected chi connectivity index (χ3v) is 3.63. The number of amides is 1. The van der Waals surface area contributed by atoms with Gasteiger partial charge in [-0.3, -0.25) is 19.7 Å². The van der Waals surface area contributed by atoms with E-state index in [0.717, 1.165) is 0 Å². The van der Waals surface area contributed by atoms with Crippen molar-refractivity contribution < 1.29 is 23.7 Å². The molecule has 1 N–H and O–H groups in total. The zero-order valence-corrected chi connectivity index (χ0v) is 14.0. The molecule has 1 heterocycles. The summed E-state index contributed by atoms with van der Waals surface area (Å²) in [6.45, 7) is -0.212. The first kappa shape index (κ1) is 17.9. The maximum absolute atomic E-state index is 12.2. The van der Waals surface area contributed by atoms with Crippen LogP contribution in [0.2, 0.25) is 0 Å². The van der Waals surface area contributed by atoms with Gasteiger partial charge in [-0.15, -0.1) is 0 Å². The lowest BCUT2D eigenvalue weighted by molar-refractivity contribution is -0.384. The Hall–Kier alpha value is -3.94. The van der Waals surface area contributed by atoms with Crippen LogP contribution in [0.3, 0.4) is 0 Å². The summed E-state index contributed by atoms with van der Waals surface area (Å²) in [5, 5.41) is 13.3. The Labute approximate surface area is 153 Å². The highest BCUT2D eigenvalue weighted by Gasteiger charge is 2.11. The minimum atomic E-state index is -0.513. The van der Waals surface area contributed by atoms with E-state index >= 15 is 0 Å². The first-order valence-corrected chi connectivity index (χ1v) is 7.88. The van der Waals surface area contributed by atoms with Crippen molar-refractivity contribution in [3.8, 4) is 5.75 Å². The van der Waals surface area contributed by atoms with Crippen LogP contribution in [-0.4, -0.2) is 23.2 Å². The molecule has 2 aromatic carbocycles. The fraction of sp³-hybridized carbons (Fsp3) is 0.0526. The number of nitrogens with one attached hydrogen (secondary N) is 1. The van der Waals surface area contributed by atoms with Crippen molar-refractivity contribution in [2.24, 2.45) is 0 Å². The van der Waals surface area contributed by atoms with Crippen LogP contribution in [0.5, 0.6) is 5.75 Å². The second kappa shape index (κ2) is 7.96. The molecule has 0 aliphatic rings. The molecule has 0 saturated heterocycles. The average molecular weight is 366 g/mol. The predicted octanol–water partition coefficient (Wildman–Crippen LogP) is 3.70. The van der Waals surface area contributed by atoms with E-state index in [1.807, 2.05) is 0 Å². The molecule has 0 spiro atoms. The summed E-state index contributed by atoms with van der Waals surface area (Å²) in [5.74, 6) is -0.110. The highest BCUT2D eigenvalue weighted by molar-refractivity contribution is 6.03. The van der Waals surface area contributed by atoms with Gasteiger partial charge in [0.05, 0.1) is 11.2 Å². The standard InChI is InChI=1S/C19H14N2O6/c22-17(12-27-16-9-7-15(8-10-16)21(24)25)13-3-5-14(6-4-13)20-19(23)18-2-1-11-26-18/h1-11H,12H2,(H,20,23). The molecule has 27 heavy (non-hydrogen) atoms. The Morgan fingerprint density at radius 2 is 1.74 bits per heavy atom. The van der Waals surface area contributed by atoms with Gasteiger partial charge in [0.15, 0.2) is 18.2 Å². The molecule has 1 aromatic heterocycles. The smallest absolute Gasteiger partial charge is 0.291 e. The van der Waals surface area contributed by atoms with E-state index in [-0.39, 0.29) is 29.7 Å². The highest BCUT2D eigenvalue weighted by Crippen LogP contribution is 2.18. The zero-order valence-electron chi connectivity index (χ0n) is 14.0. The van der Waals surface area contributed by atoms with Crippen molar-refractivity contribution >= 4 is 23.1 Å². The number of ether oxygens (including phenoxy) is 1.